The van der Waals surface area contributed by atoms with E-state index in [0.717, 1.165) is 22.3 Å². The zero-order chi connectivity index (χ0) is 32.3. The molecule has 1 aromatic carbocycles. The molecule has 0 radical (unpaired) electrons. The van der Waals surface area contributed by atoms with E-state index < -0.39 is 29.0 Å². The molecule has 42 heavy (non-hydrogen) atoms. The van der Waals surface area contributed by atoms with Crippen molar-refractivity contribution in [1.29, 1.82) is 0 Å². The van der Waals surface area contributed by atoms with Gasteiger partial charge in [-0.3, -0.25) is 13.9 Å². The number of aromatic nitrogens is 6. The van der Waals surface area contributed by atoms with E-state index in [1.165, 1.54) is 29.9 Å². The Kier molecular flexibility index (Phi) is 5.80. The molecule has 6 rings (SSSR count). The molecule has 0 aliphatic heterocycles. The average Bonchev–Trinajstić information content (AvgIpc) is 3.54. The summed E-state index contributed by atoms with van der Waals surface area (Å²) in [7, 11) is -6.75. The lowest BCUT2D eigenvalue weighted by atomic mass is 9.97. The van der Waals surface area contributed by atoms with Gasteiger partial charge in [0.25, 0.3) is 5.56 Å². The number of anilines is 2. The topological polar surface area (TPSA) is 159 Å². The maximum Gasteiger partial charge on any atom is 0.264 e. The molecule has 0 aliphatic rings. The highest BCUT2D eigenvalue weighted by molar-refractivity contribution is 7.92. The monoisotopic (exact) mass is 605 g/mol. The largest absolute Gasteiger partial charge is 0.480 e. The SMILES string of the molecule is [2H]C([2H])([2H])Oc1ncc(-c2nn([C@@H](C)c3cc4scc(C)n4c(=O)c3-c3ccccc3)c3ncnc(N)c23)cc1NS(C)(=O)=O. The van der Waals surface area contributed by atoms with Crippen molar-refractivity contribution in [2.75, 3.05) is 23.7 Å². The number of hydrogen-bond acceptors (Lipinski definition) is 10. The highest BCUT2D eigenvalue weighted by atomic mass is 32.2. The van der Waals surface area contributed by atoms with E-state index in [1.54, 1.807) is 9.08 Å². The molecule has 5 heterocycles. The molecular formula is C28H26N8O4S2. The molecule has 12 nitrogen and oxygen atoms in total. The highest BCUT2D eigenvalue weighted by Gasteiger charge is 2.26. The maximum absolute atomic E-state index is 14.0. The van der Waals surface area contributed by atoms with Gasteiger partial charge in [-0.15, -0.1) is 11.3 Å². The third kappa shape index (κ3) is 4.63. The van der Waals surface area contributed by atoms with Gasteiger partial charge in [-0.05, 0) is 37.1 Å². The normalized spacial score (nSPS) is 13.9. The number of benzene rings is 1. The molecule has 0 spiro atoms. The van der Waals surface area contributed by atoms with Crippen LogP contribution in [-0.2, 0) is 10.0 Å². The molecule has 0 amide bonds. The lowest BCUT2D eigenvalue weighted by molar-refractivity contribution is 0.400. The molecular weight excluding hydrogens is 576 g/mol. The summed E-state index contributed by atoms with van der Waals surface area (Å²) in [5.41, 5.74) is 9.59. The molecule has 6 aromatic rings. The molecule has 0 unspecified atom stereocenters. The van der Waals surface area contributed by atoms with Gasteiger partial charge in [0.05, 0.1) is 34.4 Å². The quantitative estimate of drug-likeness (QED) is 0.273. The fourth-order valence-corrected chi connectivity index (χ4v) is 6.45. The lowest BCUT2D eigenvalue weighted by Gasteiger charge is -2.18. The number of aryl methyl sites for hydroxylation is 1. The Labute approximate surface area is 248 Å². The standard InChI is InChI=1S/C28H26N8O4S2/c1-15-13-41-21-11-19(22(28(37)35(15)21)17-8-6-5-7-9-17)16(2)36-26-23(25(29)31-14-32-26)24(33-36)18-10-20(34-42(4,38)39)27(40-3)30-12-18/h5-14,16,34H,1-4H3,(H2,29,31,32)/t16-/m0/s1/i3D3. The van der Waals surface area contributed by atoms with E-state index in [4.69, 9.17) is 19.7 Å². The number of nitrogen functional groups attached to an aromatic ring is 1. The summed E-state index contributed by atoms with van der Waals surface area (Å²) in [6.07, 6.45) is 3.50. The van der Waals surface area contributed by atoms with Crippen LogP contribution in [-0.4, -0.2) is 50.8 Å². The number of hydrogen-bond donors (Lipinski definition) is 2. The Morgan fingerprint density at radius 3 is 2.67 bits per heavy atom. The van der Waals surface area contributed by atoms with Gasteiger partial charge in [0.2, 0.25) is 15.9 Å². The van der Waals surface area contributed by atoms with E-state index in [2.05, 4.69) is 19.7 Å². The number of methoxy groups -OCH3 is 1. The van der Waals surface area contributed by atoms with E-state index in [0.29, 0.717) is 22.2 Å². The van der Waals surface area contributed by atoms with Crippen molar-refractivity contribution < 1.29 is 17.3 Å². The Bertz CT molecular complexity index is 2270. The molecule has 0 aliphatic carbocycles. The third-order valence-electron chi connectivity index (χ3n) is 6.82. The smallest absolute Gasteiger partial charge is 0.264 e. The van der Waals surface area contributed by atoms with Crippen LogP contribution >= 0.6 is 11.3 Å². The van der Waals surface area contributed by atoms with Crippen LogP contribution in [0, 0.1) is 6.92 Å². The molecule has 1 atom stereocenters. The Morgan fingerprint density at radius 1 is 1.14 bits per heavy atom. The first-order valence-corrected chi connectivity index (χ1v) is 15.3. The van der Waals surface area contributed by atoms with Crippen LogP contribution in [0.2, 0.25) is 0 Å². The van der Waals surface area contributed by atoms with Gasteiger partial charge in [-0.25, -0.2) is 28.1 Å². The minimum atomic E-state index is -3.86. The predicted molar refractivity (Wildman–Crippen MR) is 164 cm³/mol. The Morgan fingerprint density at radius 2 is 1.93 bits per heavy atom. The molecule has 0 bridgehead atoms. The summed E-state index contributed by atoms with van der Waals surface area (Å²) in [5, 5.41) is 7.12. The van der Waals surface area contributed by atoms with Crippen molar-refractivity contribution in [3.8, 4) is 28.3 Å². The number of fused-ring (bicyclic) bond motifs is 2. The van der Waals surface area contributed by atoms with Gasteiger partial charge in [0.15, 0.2) is 5.65 Å². The van der Waals surface area contributed by atoms with Crippen molar-refractivity contribution in [1.82, 2.24) is 29.1 Å². The number of sulfonamides is 1. The molecule has 5 aromatic heterocycles. The van der Waals surface area contributed by atoms with Crippen LogP contribution in [0.1, 0.15) is 28.3 Å². The van der Waals surface area contributed by atoms with E-state index >= 15 is 0 Å². The highest BCUT2D eigenvalue weighted by Crippen LogP contribution is 2.37. The number of nitrogens with zero attached hydrogens (tertiary/aromatic N) is 6. The van der Waals surface area contributed by atoms with Crippen molar-refractivity contribution in [2.24, 2.45) is 0 Å². The first-order valence-electron chi connectivity index (χ1n) is 14.1. The fraction of sp³-hybridized carbons (Fsp3) is 0.179. The molecule has 0 fully saturated rings. The second-order valence-electron chi connectivity index (χ2n) is 9.68. The second kappa shape index (κ2) is 10.2. The number of rotatable bonds is 7. The zero-order valence-electron chi connectivity index (χ0n) is 25.6. The molecule has 0 saturated heterocycles. The Hall–Kier alpha value is -4.82. The summed E-state index contributed by atoms with van der Waals surface area (Å²) in [6.45, 7) is 3.76. The van der Waals surface area contributed by atoms with Crippen molar-refractivity contribution in [3.05, 3.63) is 82.0 Å². The summed E-state index contributed by atoms with van der Waals surface area (Å²) >= 11 is 1.45. The summed E-state index contributed by atoms with van der Waals surface area (Å²) in [4.78, 5) is 27.4. The van der Waals surface area contributed by atoms with Gasteiger partial charge < -0.3 is 10.5 Å². The first-order chi connectivity index (χ1) is 21.2. The molecule has 3 N–H and O–H groups in total. The number of pyridine rings is 2. The number of nitrogens with one attached hydrogen (secondary N) is 1. The van der Waals surface area contributed by atoms with Crippen LogP contribution in [0.3, 0.4) is 0 Å². The van der Waals surface area contributed by atoms with Crippen molar-refractivity contribution in [3.63, 3.8) is 0 Å². The van der Waals surface area contributed by atoms with Gasteiger partial charge in [-0.1, -0.05) is 30.3 Å². The van der Waals surface area contributed by atoms with Gasteiger partial charge in [0.1, 0.15) is 28.4 Å². The van der Waals surface area contributed by atoms with Crippen LogP contribution in [0.15, 0.2) is 65.2 Å². The van der Waals surface area contributed by atoms with E-state index in [9.17, 15) is 13.2 Å². The van der Waals surface area contributed by atoms with Gasteiger partial charge in [0, 0.05) is 22.8 Å². The van der Waals surface area contributed by atoms with Crippen molar-refractivity contribution in [2.45, 2.75) is 19.9 Å². The fourth-order valence-electron chi connectivity index (χ4n) is 4.98. The van der Waals surface area contributed by atoms with E-state index in [-0.39, 0.29) is 28.3 Å². The molecule has 0 saturated carbocycles. The first kappa shape index (κ1) is 23.8. The van der Waals surface area contributed by atoms with Crippen LogP contribution < -0.4 is 20.8 Å². The van der Waals surface area contributed by atoms with Crippen LogP contribution in [0.5, 0.6) is 5.88 Å². The maximum atomic E-state index is 14.0. The molecule has 214 valence electrons. The summed E-state index contributed by atoms with van der Waals surface area (Å²) in [6, 6.07) is 12.1. The number of ether oxygens (including phenoxy) is 1. The van der Waals surface area contributed by atoms with Crippen molar-refractivity contribution >= 4 is 48.7 Å². The molecule has 14 heteroatoms. The minimum Gasteiger partial charge on any atom is -0.480 e. The van der Waals surface area contributed by atoms with Crippen LogP contribution in [0.4, 0.5) is 11.5 Å². The average molecular weight is 606 g/mol. The van der Waals surface area contributed by atoms with Gasteiger partial charge >= 0.3 is 0 Å². The Balaban J connectivity index is 1.58. The zero-order valence-corrected chi connectivity index (χ0v) is 24.2. The van der Waals surface area contributed by atoms with E-state index in [1.807, 2.05) is 55.6 Å². The lowest BCUT2D eigenvalue weighted by Crippen LogP contribution is -2.21. The van der Waals surface area contributed by atoms with Gasteiger partial charge in [-0.2, -0.15) is 5.10 Å². The third-order valence-corrected chi connectivity index (χ3v) is 8.41. The second-order valence-corrected chi connectivity index (χ2v) is 12.3. The summed E-state index contributed by atoms with van der Waals surface area (Å²) < 4.78 is 57.1. The number of thiazole rings is 1. The minimum absolute atomic E-state index is 0.0987. The number of nitrogens with two attached hydrogens (primary N) is 1. The van der Waals surface area contributed by atoms with Crippen LogP contribution in [0.25, 0.3) is 38.2 Å². The summed E-state index contributed by atoms with van der Waals surface area (Å²) in [5.74, 6) is -0.348. The predicted octanol–water partition coefficient (Wildman–Crippen LogP) is 4.11.